The molecule has 0 radical (unpaired) electrons. The first-order chi connectivity index (χ1) is 11.1. The number of carbonyl (C=O) groups excluding carboxylic acids is 1. The van der Waals surface area contributed by atoms with Crippen LogP contribution in [0.3, 0.4) is 0 Å². The molecule has 1 aliphatic heterocycles. The molecule has 2 aromatic rings. The molecule has 8 heteroatoms. The summed E-state index contributed by atoms with van der Waals surface area (Å²) in [5.74, 6) is 0.457. The smallest absolute Gasteiger partial charge is 0.229 e. The maximum absolute atomic E-state index is 12.2. The summed E-state index contributed by atoms with van der Waals surface area (Å²) in [4.78, 5) is 14.0. The number of nitrogens with one attached hydrogen (secondary N) is 2. The lowest BCUT2D eigenvalue weighted by molar-refractivity contribution is -0.115. The monoisotopic (exact) mass is 334 g/mol. The van der Waals surface area contributed by atoms with E-state index < -0.39 is 10.7 Å². The first-order valence-electron chi connectivity index (χ1n) is 7.36. The van der Waals surface area contributed by atoms with Gasteiger partial charge in [-0.2, -0.15) is 5.10 Å². The molecule has 0 atom stereocenters. The Morgan fingerprint density at radius 3 is 2.83 bits per heavy atom. The fourth-order valence-corrected chi connectivity index (χ4v) is 3.27. The van der Waals surface area contributed by atoms with Crippen molar-refractivity contribution >= 4 is 22.4 Å². The maximum Gasteiger partial charge on any atom is 0.229 e. The molecule has 23 heavy (non-hydrogen) atoms. The Kier molecular flexibility index (Phi) is 4.73. The molecular formula is C15H18N4O3S. The summed E-state index contributed by atoms with van der Waals surface area (Å²) in [6.07, 6.45) is 0.953. The minimum Gasteiger partial charge on any atom is -0.311 e. The fraction of sp³-hybridized carbons (Fsp3) is 0.333. The van der Waals surface area contributed by atoms with E-state index in [1.807, 2.05) is 35.2 Å². The molecule has 2 heterocycles. The molecule has 122 valence electrons. The number of benzene rings is 1. The van der Waals surface area contributed by atoms with Crippen LogP contribution >= 0.6 is 0 Å². The molecule has 0 unspecified atom stereocenters. The van der Waals surface area contributed by atoms with Crippen molar-refractivity contribution in [3.63, 3.8) is 0 Å². The zero-order valence-corrected chi connectivity index (χ0v) is 13.4. The summed E-state index contributed by atoms with van der Waals surface area (Å²) >= 11 is 0. The van der Waals surface area contributed by atoms with Crippen molar-refractivity contribution in [1.82, 2.24) is 15.1 Å². The van der Waals surface area contributed by atoms with Gasteiger partial charge in [-0.15, -0.1) is 0 Å². The van der Waals surface area contributed by atoms with E-state index in [4.69, 9.17) is 0 Å². The van der Waals surface area contributed by atoms with Gasteiger partial charge in [0.15, 0.2) is 10.7 Å². The maximum atomic E-state index is 12.2. The van der Waals surface area contributed by atoms with E-state index in [-0.39, 0.29) is 18.2 Å². The van der Waals surface area contributed by atoms with Gasteiger partial charge in [-0.25, -0.2) is 8.42 Å². The van der Waals surface area contributed by atoms with Crippen LogP contribution in [0.25, 0.3) is 0 Å². The summed E-state index contributed by atoms with van der Waals surface area (Å²) in [5, 5.41) is 9.90. The van der Waals surface area contributed by atoms with Gasteiger partial charge in [-0.05, 0) is 5.56 Å². The molecule has 0 aliphatic carbocycles. The number of carbonyl (C=O) groups is 1. The van der Waals surface area contributed by atoms with E-state index >= 15 is 0 Å². The minimum atomic E-state index is -2.45. The average Bonchev–Trinajstić information content (AvgIpc) is 2.90. The molecular weight excluding hydrogens is 316 g/mol. The first kappa shape index (κ1) is 15.7. The van der Waals surface area contributed by atoms with Gasteiger partial charge < -0.3 is 5.32 Å². The number of nitrogens with zero attached hydrogens (tertiary/aromatic N) is 2. The molecule has 1 aliphatic rings. The third kappa shape index (κ3) is 3.96. The summed E-state index contributed by atoms with van der Waals surface area (Å²) in [7, 11) is -2.45. The predicted molar refractivity (Wildman–Crippen MR) is 86.7 cm³/mol. The highest BCUT2D eigenvalue weighted by Crippen LogP contribution is 2.23. The second-order valence-electron chi connectivity index (χ2n) is 5.51. The Balaban J connectivity index is 1.68. The van der Waals surface area contributed by atoms with Crippen molar-refractivity contribution in [1.29, 1.82) is 0 Å². The molecule has 1 aromatic heterocycles. The Labute approximate surface area is 135 Å². The van der Waals surface area contributed by atoms with Gasteiger partial charge in [0, 0.05) is 25.1 Å². The van der Waals surface area contributed by atoms with Crippen molar-refractivity contribution in [2.75, 3.05) is 17.7 Å². The predicted octanol–water partition coefficient (Wildman–Crippen LogP) is 0.518. The topological polar surface area (TPSA) is 95.2 Å². The van der Waals surface area contributed by atoms with Crippen molar-refractivity contribution in [3.05, 3.63) is 47.2 Å². The highest BCUT2D eigenvalue weighted by molar-refractivity contribution is 7.72. The van der Waals surface area contributed by atoms with Crippen LogP contribution in [0, 0.1) is 0 Å². The number of aromatic amines is 1. The Bertz CT molecular complexity index is 762. The SMILES string of the molecule is O=C(Cc1ccccc1)Nc1[nH]nc2c1CN(C[SH](=O)=O)CC2. The van der Waals surface area contributed by atoms with Crippen LogP contribution in [0.2, 0.25) is 0 Å². The molecule has 1 amide bonds. The first-order valence-corrected chi connectivity index (χ1v) is 8.72. The number of fused-ring (bicyclic) bond motifs is 1. The zero-order chi connectivity index (χ0) is 16.2. The van der Waals surface area contributed by atoms with Gasteiger partial charge in [0.25, 0.3) is 0 Å². The van der Waals surface area contributed by atoms with Crippen LogP contribution in [0.15, 0.2) is 30.3 Å². The van der Waals surface area contributed by atoms with Gasteiger partial charge in [-0.3, -0.25) is 14.8 Å². The van der Waals surface area contributed by atoms with Crippen LogP contribution in [0.1, 0.15) is 16.8 Å². The number of rotatable bonds is 5. The van der Waals surface area contributed by atoms with E-state index in [9.17, 15) is 13.2 Å². The van der Waals surface area contributed by atoms with Crippen LogP contribution in [0.4, 0.5) is 5.82 Å². The van der Waals surface area contributed by atoms with E-state index in [0.29, 0.717) is 25.3 Å². The molecule has 2 N–H and O–H groups in total. The Morgan fingerprint density at radius 2 is 2.09 bits per heavy atom. The van der Waals surface area contributed by atoms with E-state index in [1.165, 1.54) is 0 Å². The molecule has 0 fully saturated rings. The highest BCUT2D eigenvalue weighted by Gasteiger charge is 2.23. The Morgan fingerprint density at radius 1 is 1.30 bits per heavy atom. The van der Waals surface area contributed by atoms with Gasteiger partial charge in [0.05, 0.1) is 18.0 Å². The van der Waals surface area contributed by atoms with Gasteiger partial charge in [0.1, 0.15) is 5.82 Å². The normalized spacial score (nSPS) is 14.7. The number of hydrogen-bond acceptors (Lipinski definition) is 5. The van der Waals surface area contributed by atoms with Crippen LogP contribution in [-0.2, 0) is 34.9 Å². The standard InChI is InChI=1S/C15H18N4O3S/c20-14(8-11-4-2-1-3-5-11)16-15-12-9-19(10-23(21)22)7-6-13(12)17-18-15/h1-5,23H,6-10H2,(H2,16,17,18,20). The quantitative estimate of drug-likeness (QED) is 0.693. The average molecular weight is 334 g/mol. The van der Waals surface area contributed by atoms with Crippen molar-refractivity contribution in [3.8, 4) is 0 Å². The number of hydrogen-bond donors (Lipinski definition) is 3. The molecule has 3 rings (SSSR count). The van der Waals surface area contributed by atoms with Gasteiger partial charge in [-0.1, -0.05) is 30.3 Å². The summed E-state index contributed by atoms with van der Waals surface area (Å²) in [6, 6.07) is 9.48. The van der Waals surface area contributed by atoms with Crippen LogP contribution in [0.5, 0.6) is 0 Å². The number of H-pyrrole nitrogens is 1. The second-order valence-corrected chi connectivity index (χ2v) is 6.46. The number of amides is 1. The minimum absolute atomic E-state index is 0.0252. The lowest BCUT2D eigenvalue weighted by Crippen LogP contribution is -2.32. The summed E-state index contributed by atoms with van der Waals surface area (Å²) in [6.45, 7) is 1.12. The third-order valence-electron chi connectivity index (χ3n) is 3.79. The van der Waals surface area contributed by atoms with Gasteiger partial charge in [0.2, 0.25) is 5.91 Å². The van der Waals surface area contributed by atoms with Crippen molar-refractivity contribution in [2.45, 2.75) is 19.4 Å². The third-order valence-corrected chi connectivity index (χ3v) is 4.42. The lowest BCUT2D eigenvalue weighted by atomic mass is 10.1. The summed E-state index contributed by atoms with van der Waals surface area (Å²) in [5.41, 5.74) is 2.69. The van der Waals surface area contributed by atoms with Crippen LogP contribution < -0.4 is 5.32 Å². The molecule has 0 bridgehead atoms. The lowest BCUT2D eigenvalue weighted by Gasteiger charge is -2.24. The highest BCUT2D eigenvalue weighted by atomic mass is 32.2. The number of anilines is 1. The zero-order valence-electron chi connectivity index (χ0n) is 12.5. The number of thiol groups is 1. The summed E-state index contributed by atoms with van der Waals surface area (Å²) < 4.78 is 21.8. The van der Waals surface area contributed by atoms with E-state index in [1.54, 1.807) is 0 Å². The van der Waals surface area contributed by atoms with Gasteiger partial charge >= 0.3 is 0 Å². The molecule has 0 saturated heterocycles. The Hall–Kier alpha value is -2.19. The van der Waals surface area contributed by atoms with E-state index in [2.05, 4.69) is 15.5 Å². The molecule has 0 spiro atoms. The number of aromatic nitrogens is 2. The largest absolute Gasteiger partial charge is 0.311 e. The van der Waals surface area contributed by atoms with Crippen LogP contribution in [-0.4, -0.2) is 41.8 Å². The molecule has 0 saturated carbocycles. The van der Waals surface area contributed by atoms with E-state index in [0.717, 1.165) is 16.8 Å². The fourth-order valence-electron chi connectivity index (χ4n) is 2.70. The molecule has 1 aromatic carbocycles. The second kappa shape index (κ2) is 6.93. The van der Waals surface area contributed by atoms with Crippen molar-refractivity contribution < 1.29 is 13.2 Å². The van der Waals surface area contributed by atoms with Crippen molar-refractivity contribution in [2.24, 2.45) is 0 Å². The molecule has 7 nitrogen and oxygen atoms in total.